The topological polar surface area (TPSA) is 36.0 Å². The van der Waals surface area contributed by atoms with Crippen LogP contribution in [0.25, 0.3) is 0 Å². The van der Waals surface area contributed by atoms with Gasteiger partial charge in [-0.3, -0.25) is 9.69 Å². The van der Waals surface area contributed by atoms with E-state index in [9.17, 15) is 9.18 Å². The molecule has 0 atom stereocenters. The fraction of sp³-hybridized carbons (Fsp3) is 0.941. The standard InChI is InChI=1S/C17H30FN3O2/c1-19(2)9-10-20-11-12-23-14-16(13-20)5-7-21(8-6-16)15(22)17(18)3-4-17/h3-14H2,1-2H3. The molecule has 0 unspecified atom stereocenters. The van der Waals surface area contributed by atoms with Crippen LogP contribution in [-0.4, -0.2) is 92.9 Å². The van der Waals surface area contributed by atoms with Gasteiger partial charge in [-0.05, 0) is 39.8 Å². The molecule has 0 N–H and O–H groups in total. The van der Waals surface area contributed by atoms with Crippen LogP contribution in [0.5, 0.6) is 0 Å². The van der Waals surface area contributed by atoms with Crippen molar-refractivity contribution in [1.82, 2.24) is 14.7 Å². The van der Waals surface area contributed by atoms with E-state index in [2.05, 4.69) is 23.9 Å². The molecule has 2 saturated heterocycles. The molecule has 3 rings (SSSR count). The monoisotopic (exact) mass is 327 g/mol. The molecule has 5 nitrogen and oxygen atoms in total. The highest BCUT2D eigenvalue weighted by Gasteiger charge is 2.53. The Morgan fingerprint density at radius 1 is 1.17 bits per heavy atom. The summed E-state index contributed by atoms with van der Waals surface area (Å²) < 4.78 is 19.9. The maximum absolute atomic E-state index is 14.0. The summed E-state index contributed by atoms with van der Waals surface area (Å²) in [6, 6.07) is 0. The summed E-state index contributed by atoms with van der Waals surface area (Å²) in [6.45, 7) is 7.01. The van der Waals surface area contributed by atoms with E-state index < -0.39 is 5.67 Å². The largest absolute Gasteiger partial charge is 0.379 e. The van der Waals surface area contributed by atoms with Gasteiger partial charge in [-0.25, -0.2) is 4.39 Å². The number of rotatable bonds is 4. The first-order valence-corrected chi connectivity index (χ1v) is 8.86. The minimum atomic E-state index is -1.53. The van der Waals surface area contributed by atoms with Crippen LogP contribution < -0.4 is 0 Å². The van der Waals surface area contributed by atoms with Crippen molar-refractivity contribution in [3.05, 3.63) is 0 Å². The first-order chi connectivity index (χ1) is 10.9. The first kappa shape index (κ1) is 17.1. The van der Waals surface area contributed by atoms with Gasteiger partial charge in [0.2, 0.25) is 0 Å². The average molecular weight is 327 g/mol. The Balaban J connectivity index is 1.55. The summed E-state index contributed by atoms with van der Waals surface area (Å²) in [4.78, 5) is 18.6. The van der Waals surface area contributed by atoms with Crippen LogP contribution in [-0.2, 0) is 9.53 Å². The van der Waals surface area contributed by atoms with Crippen molar-refractivity contribution in [1.29, 1.82) is 0 Å². The first-order valence-electron chi connectivity index (χ1n) is 8.86. The summed E-state index contributed by atoms with van der Waals surface area (Å²) in [7, 11) is 4.19. The predicted octanol–water partition coefficient (Wildman–Crippen LogP) is 0.991. The van der Waals surface area contributed by atoms with E-state index in [1.54, 1.807) is 4.90 Å². The van der Waals surface area contributed by atoms with Crippen LogP contribution in [0.15, 0.2) is 0 Å². The molecule has 0 aromatic carbocycles. The number of alkyl halides is 1. The lowest BCUT2D eigenvalue weighted by Crippen LogP contribution is -2.51. The van der Waals surface area contributed by atoms with E-state index in [1.165, 1.54) is 0 Å². The van der Waals surface area contributed by atoms with Crippen molar-refractivity contribution < 1.29 is 13.9 Å². The van der Waals surface area contributed by atoms with Gasteiger partial charge in [0.15, 0.2) is 5.67 Å². The van der Waals surface area contributed by atoms with Gasteiger partial charge in [0.25, 0.3) is 5.91 Å². The van der Waals surface area contributed by atoms with Crippen molar-refractivity contribution in [3.8, 4) is 0 Å². The number of ether oxygens (including phenoxy) is 1. The van der Waals surface area contributed by atoms with Crippen molar-refractivity contribution >= 4 is 5.91 Å². The Hall–Kier alpha value is -0.720. The zero-order valence-corrected chi connectivity index (χ0v) is 14.5. The number of hydrogen-bond acceptors (Lipinski definition) is 4. The minimum Gasteiger partial charge on any atom is -0.379 e. The third kappa shape index (κ3) is 4.03. The maximum atomic E-state index is 14.0. The van der Waals surface area contributed by atoms with Gasteiger partial charge in [0.05, 0.1) is 13.2 Å². The molecule has 0 aromatic rings. The van der Waals surface area contributed by atoms with Crippen molar-refractivity contribution in [2.45, 2.75) is 31.4 Å². The average Bonchev–Trinajstić information content (AvgIpc) is 3.30. The number of halogens is 1. The normalized spacial score (nSPS) is 27.2. The van der Waals surface area contributed by atoms with Crippen LogP contribution in [0.2, 0.25) is 0 Å². The van der Waals surface area contributed by atoms with Crippen molar-refractivity contribution in [2.75, 3.05) is 66.6 Å². The van der Waals surface area contributed by atoms with E-state index in [0.717, 1.165) is 52.2 Å². The zero-order valence-electron chi connectivity index (χ0n) is 14.5. The Morgan fingerprint density at radius 2 is 1.87 bits per heavy atom. The summed E-state index contributed by atoms with van der Waals surface area (Å²) >= 11 is 0. The van der Waals surface area contributed by atoms with Gasteiger partial charge in [0, 0.05) is 44.7 Å². The highest BCUT2D eigenvalue weighted by atomic mass is 19.1. The SMILES string of the molecule is CN(C)CCN1CCOCC2(CCN(C(=O)C3(F)CC3)CC2)C1. The van der Waals surface area contributed by atoms with Crippen LogP contribution in [0, 0.1) is 5.41 Å². The second-order valence-corrected chi connectivity index (χ2v) is 7.89. The van der Waals surface area contributed by atoms with E-state index in [-0.39, 0.29) is 11.3 Å². The fourth-order valence-electron chi connectivity index (χ4n) is 3.71. The third-order valence-electron chi connectivity index (χ3n) is 5.57. The molecule has 2 aliphatic heterocycles. The van der Waals surface area contributed by atoms with E-state index >= 15 is 0 Å². The van der Waals surface area contributed by atoms with Crippen LogP contribution in [0.1, 0.15) is 25.7 Å². The molecular weight excluding hydrogens is 297 g/mol. The maximum Gasteiger partial charge on any atom is 0.260 e. The number of nitrogens with zero attached hydrogens (tertiary/aromatic N) is 3. The summed E-state index contributed by atoms with van der Waals surface area (Å²) in [6.07, 6.45) is 2.67. The summed E-state index contributed by atoms with van der Waals surface area (Å²) in [5, 5.41) is 0. The van der Waals surface area contributed by atoms with Crippen molar-refractivity contribution in [2.24, 2.45) is 5.41 Å². The molecule has 6 heteroatoms. The van der Waals surface area contributed by atoms with Gasteiger partial charge in [-0.1, -0.05) is 0 Å². The number of hydrogen-bond donors (Lipinski definition) is 0. The molecule has 3 fully saturated rings. The Kier molecular flexibility index (Phi) is 4.95. The van der Waals surface area contributed by atoms with Gasteiger partial charge >= 0.3 is 0 Å². The lowest BCUT2D eigenvalue weighted by molar-refractivity contribution is -0.141. The number of likely N-dealkylation sites (tertiary alicyclic amines) is 1. The van der Waals surface area contributed by atoms with Crippen molar-refractivity contribution in [3.63, 3.8) is 0 Å². The minimum absolute atomic E-state index is 0.132. The third-order valence-corrected chi connectivity index (χ3v) is 5.57. The smallest absolute Gasteiger partial charge is 0.260 e. The molecule has 0 bridgehead atoms. The Morgan fingerprint density at radius 3 is 2.48 bits per heavy atom. The summed E-state index contributed by atoms with van der Waals surface area (Å²) in [5.74, 6) is -0.272. The van der Waals surface area contributed by atoms with Gasteiger partial charge in [0.1, 0.15) is 0 Å². The molecule has 1 aliphatic carbocycles. The Bertz CT molecular complexity index is 432. The number of carbonyl (C=O) groups excluding carboxylic acids is 1. The fourth-order valence-corrected chi connectivity index (χ4v) is 3.71. The molecule has 1 saturated carbocycles. The van der Waals surface area contributed by atoms with Gasteiger partial charge in [-0.15, -0.1) is 0 Å². The predicted molar refractivity (Wildman–Crippen MR) is 87.1 cm³/mol. The lowest BCUT2D eigenvalue weighted by Gasteiger charge is -2.43. The van der Waals surface area contributed by atoms with Gasteiger partial charge in [-0.2, -0.15) is 0 Å². The highest BCUT2D eigenvalue weighted by Crippen LogP contribution is 2.43. The second kappa shape index (κ2) is 6.65. The molecule has 1 spiro atoms. The lowest BCUT2D eigenvalue weighted by atomic mass is 9.78. The van der Waals surface area contributed by atoms with Crippen LogP contribution >= 0.6 is 0 Å². The van der Waals surface area contributed by atoms with Crippen LogP contribution in [0.3, 0.4) is 0 Å². The molecule has 132 valence electrons. The summed E-state index contributed by atoms with van der Waals surface area (Å²) in [5.41, 5.74) is -1.39. The molecule has 0 aromatic heterocycles. The molecule has 23 heavy (non-hydrogen) atoms. The number of amides is 1. The van der Waals surface area contributed by atoms with E-state index in [4.69, 9.17) is 4.74 Å². The highest BCUT2D eigenvalue weighted by molar-refractivity contribution is 5.88. The second-order valence-electron chi connectivity index (χ2n) is 7.89. The quantitative estimate of drug-likeness (QED) is 0.772. The van der Waals surface area contributed by atoms with E-state index in [1.807, 2.05) is 0 Å². The number of piperidine rings is 1. The molecule has 2 heterocycles. The molecule has 0 radical (unpaired) electrons. The number of likely N-dealkylation sites (N-methyl/N-ethyl adjacent to an activating group) is 1. The number of carbonyl (C=O) groups is 1. The molecule has 3 aliphatic rings. The molecule has 1 amide bonds. The Labute approximate surface area is 138 Å². The van der Waals surface area contributed by atoms with E-state index in [0.29, 0.717) is 25.9 Å². The van der Waals surface area contributed by atoms with Gasteiger partial charge < -0.3 is 14.5 Å². The molecular formula is C17H30FN3O2. The van der Waals surface area contributed by atoms with Crippen LogP contribution in [0.4, 0.5) is 4.39 Å². The zero-order chi connectivity index (χ0) is 16.5.